The Kier molecular flexibility index (Phi) is 7.01. The van der Waals surface area contributed by atoms with Crippen molar-refractivity contribution in [2.45, 2.75) is 11.8 Å². The summed E-state index contributed by atoms with van der Waals surface area (Å²) in [6.45, 7) is 1.85. The van der Waals surface area contributed by atoms with Gasteiger partial charge in [0.15, 0.2) is 5.75 Å². The Bertz CT molecular complexity index is 1310. The molecule has 11 heteroatoms. The Morgan fingerprint density at radius 3 is 2.50 bits per heavy atom. The maximum atomic E-state index is 12.4. The van der Waals surface area contributed by atoms with Crippen LogP contribution in [0, 0.1) is 17.0 Å². The zero-order chi connectivity index (χ0) is 23.3. The number of non-ortho nitro benzene ring substituents is 1. The number of hydrazone groups is 1. The monoisotopic (exact) mass is 517 g/mol. The highest BCUT2D eigenvalue weighted by atomic mass is 79.9. The van der Waals surface area contributed by atoms with E-state index in [0.717, 1.165) is 11.6 Å². The van der Waals surface area contributed by atoms with Gasteiger partial charge in [0.1, 0.15) is 4.90 Å². The molecule has 3 aromatic carbocycles. The molecule has 0 aromatic heterocycles. The molecule has 3 aromatic rings. The van der Waals surface area contributed by atoms with Crippen LogP contribution in [0.3, 0.4) is 0 Å². The number of carbonyl (C=O) groups excluding carboxylic acids is 1. The first-order valence-corrected chi connectivity index (χ1v) is 11.2. The normalized spacial score (nSPS) is 11.3. The molecule has 0 unspecified atom stereocenters. The van der Waals surface area contributed by atoms with Gasteiger partial charge in [0.25, 0.3) is 11.6 Å². The van der Waals surface area contributed by atoms with E-state index in [-0.39, 0.29) is 21.9 Å². The van der Waals surface area contributed by atoms with Gasteiger partial charge >= 0.3 is 10.1 Å². The molecular formula is C21H16BrN3O6S. The highest BCUT2D eigenvalue weighted by Crippen LogP contribution is 2.28. The van der Waals surface area contributed by atoms with Crippen molar-refractivity contribution in [2.24, 2.45) is 5.10 Å². The molecule has 0 aliphatic heterocycles. The van der Waals surface area contributed by atoms with E-state index >= 15 is 0 Å². The molecule has 0 radical (unpaired) electrons. The molecule has 32 heavy (non-hydrogen) atoms. The number of nitrogens with one attached hydrogen (secondary N) is 1. The smallest absolute Gasteiger partial charge is 0.339 e. The molecule has 0 aliphatic carbocycles. The molecule has 0 atom stereocenters. The van der Waals surface area contributed by atoms with E-state index in [1.165, 1.54) is 42.6 Å². The van der Waals surface area contributed by atoms with Crippen LogP contribution < -0.4 is 9.61 Å². The first-order chi connectivity index (χ1) is 15.2. The van der Waals surface area contributed by atoms with Crippen LogP contribution in [0.4, 0.5) is 5.69 Å². The number of benzene rings is 3. The lowest BCUT2D eigenvalue weighted by Gasteiger charge is -2.09. The highest BCUT2D eigenvalue weighted by Gasteiger charge is 2.18. The SMILES string of the molecule is Cc1ccc(S(=O)(=O)Oc2ccc(/C=N/NC(=O)c3cccc([N+](=O)[O-])c3)cc2Br)cc1. The third-order valence-corrected chi connectivity index (χ3v) is 6.03. The Morgan fingerprint density at radius 2 is 1.84 bits per heavy atom. The van der Waals surface area contributed by atoms with Crippen LogP contribution in [0.25, 0.3) is 0 Å². The van der Waals surface area contributed by atoms with Crippen molar-refractivity contribution in [3.63, 3.8) is 0 Å². The quantitative estimate of drug-likeness (QED) is 0.216. The van der Waals surface area contributed by atoms with Crippen LogP contribution in [0.1, 0.15) is 21.5 Å². The summed E-state index contributed by atoms with van der Waals surface area (Å²) in [5, 5.41) is 14.6. The molecule has 3 rings (SSSR count). The number of rotatable bonds is 7. The fourth-order valence-corrected chi connectivity index (χ4v) is 4.06. The zero-order valence-corrected chi connectivity index (χ0v) is 19.0. The average Bonchev–Trinajstić information content (AvgIpc) is 2.76. The van der Waals surface area contributed by atoms with Gasteiger partial charge in [-0.15, -0.1) is 0 Å². The van der Waals surface area contributed by atoms with Gasteiger partial charge in [-0.1, -0.05) is 23.8 Å². The van der Waals surface area contributed by atoms with Gasteiger partial charge in [-0.25, -0.2) is 5.43 Å². The zero-order valence-electron chi connectivity index (χ0n) is 16.6. The maximum Gasteiger partial charge on any atom is 0.339 e. The number of amides is 1. The molecule has 1 amide bonds. The largest absolute Gasteiger partial charge is 0.378 e. The van der Waals surface area contributed by atoms with Gasteiger partial charge in [-0.3, -0.25) is 14.9 Å². The predicted octanol–water partition coefficient (Wildman–Crippen LogP) is 4.20. The minimum absolute atomic E-state index is 0.0319. The molecule has 0 saturated carbocycles. The lowest BCUT2D eigenvalue weighted by molar-refractivity contribution is -0.384. The Morgan fingerprint density at radius 1 is 1.12 bits per heavy atom. The molecule has 164 valence electrons. The second kappa shape index (κ2) is 9.71. The van der Waals surface area contributed by atoms with Crippen molar-refractivity contribution >= 4 is 43.9 Å². The third-order valence-electron chi connectivity index (χ3n) is 4.16. The molecule has 0 aliphatic rings. The molecule has 1 N–H and O–H groups in total. The summed E-state index contributed by atoms with van der Waals surface area (Å²) < 4.78 is 30.4. The van der Waals surface area contributed by atoms with Crippen molar-refractivity contribution in [1.82, 2.24) is 5.43 Å². The van der Waals surface area contributed by atoms with E-state index in [1.807, 2.05) is 6.92 Å². The standard InChI is InChI=1S/C21H16BrN3O6S/c1-14-5-8-18(9-6-14)32(29,30)31-20-10-7-15(11-19(20)22)13-23-24-21(26)16-3-2-4-17(12-16)25(27)28/h2-13H,1H3,(H,24,26)/b23-13+. The number of halogens is 1. The fraction of sp³-hybridized carbons (Fsp3) is 0.0476. The lowest BCUT2D eigenvalue weighted by atomic mass is 10.2. The van der Waals surface area contributed by atoms with Gasteiger partial charge in [-0.2, -0.15) is 13.5 Å². The van der Waals surface area contributed by atoms with Crippen LogP contribution >= 0.6 is 15.9 Å². The number of aryl methyl sites for hydroxylation is 1. The van der Waals surface area contributed by atoms with E-state index in [1.54, 1.807) is 24.3 Å². The molecule has 0 saturated heterocycles. The number of nitro benzene ring substituents is 1. The topological polar surface area (TPSA) is 128 Å². The summed E-state index contributed by atoms with van der Waals surface area (Å²) in [7, 11) is -4.00. The van der Waals surface area contributed by atoms with Crippen molar-refractivity contribution in [3.05, 3.63) is 98.0 Å². The van der Waals surface area contributed by atoms with Crippen molar-refractivity contribution in [2.75, 3.05) is 0 Å². The van der Waals surface area contributed by atoms with E-state index in [2.05, 4.69) is 26.5 Å². The Labute approximate surface area is 192 Å². The van der Waals surface area contributed by atoms with Crippen molar-refractivity contribution < 1.29 is 22.3 Å². The van der Waals surface area contributed by atoms with E-state index in [0.29, 0.717) is 10.0 Å². The van der Waals surface area contributed by atoms with Crippen LogP contribution in [0.2, 0.25) is 0 Å². The summed E-state index contributed by atoms with van der Waals surface area (Å²) in [5.74, 6) is -0.531. The van der Waals surface area contributed by atoms with Gasteiger partial charge < -0.3 is 4.18 Å². The molecular weight excluding hydrogens is 502 g/mol. The van der Waals surface area contributed by atoms with E-state index < -0.39 is 20.9 Å². The number of carbonyl (C=O) groups is 1. The van der Waals surface area contributed by atoms with E-state index in [4.69, 9.17) is 4.18 Å². The maximum absolute atomic E-state index is 12.4. The molecule has 0 heterocycles. The lowest BCUT2D eigenvalue weighted by Crippen LogP contribution is -2.17. The number of hydrogen-bond donors (Lipinski definition) is 1. The minimum atomic E-state index is -4.00. The minimum Gasteiger partial charge on any atom is -0.378 e. The number of nitrogens with zero attached hydrogens (tertiary/aromatic N) is 2. The van der Waals surface area contributed by atoms with Crippen LogP contribution in [0.15, 0.2) is 81.2 Å². The molecule has 0 bridgehead atoms. The summed E-state index contributed by atoms with van der Waals surface area (Å²) in [6, 6.07) is 16.1. The second-order valence-corrected chi connectivity index (χ2v) is 8.95. The van der Waals surface area contributed by atoms with Crippen molar-refractivity contribution in [3.8, 4) is 5.75 Å². The van der Waals surface area contributed by atoms with E-state index in [9.17, 15) is 23.3 Å². The summed E-state index contributed by atoms with van der Waals surface area (Å²) in [4.78, 5) is 22.3. The molecule has 0 fully saturated rings. The first-order valence-electron chi connectivity index (χ1n) is 9.04. The molecule has 9 nitrogen and oxygen atoms in total. The van der Waals surface area contributed by atoms with Gasteiger partial charge in [0.05, 0.1) is 15.6 Å². The number of nitro groups is 1. The van der Waals surface area contributed by atoms with Crippen molar-refractivity contribution in [1.29, 1.82) is 0 Å². The molecule has 0 spiro atoms. The van der Waals surface area contributed by atoms with Crippen LogP contribution in [-0.4, -0.2) is 25.5 Å². The van der Waals surface area contributed by atoms with Gasteiger partial charge in [-0.05, 0) is 64.8 Å². The van der Waals surface area contributed by atoms with Gasteiger partial charge in [0.2, 0.25) is 0 Å². The third kappa shape index (κ3) is 5.77. The highest BCUT2D eigenvalue weighted by molar-refractivity contribution is 9.10. The predicted molar refractivity (Wildman–Crippen MR) is 121 cm³/mol. The summed E-state index contributed by atoms with van der Waals surface area (Å²) in [6.07, 6.45) is 1.33. The first kappa shape index (κ1) is 23.1. The van der Waals surface area contributed by atoms with Crippen LogP contribution in [-0.2, 0) is 10.1 Å². The number of hydrogen-bond acceptors (Lipinski definition) is 7. The fourth-order valence-electron chi connectivity index (χ4n) is 2.53. The average molecular weight is 518 g/mol. The van der Waals surface area contributed by atoms with Crippen LogP contribution in [0.5, 0.6) is 5.75 Å². The Hall–Kier alpha value is -3.57. The summed E-state index contributed by atoms with van der Waals surface area (Å²) in [5.41, 5.74) is 3.62. The van der Waals surface area contributed by atoms with Gasteiger partial charge in [0, 0.05) is 17.7 Å². The Balaban J connectivity index is 1.68. The summed E-state index contributed by atoms with van der Waals surface area (Å²) >= 11 is 3.26. The second-order valence-electron chi connectivity index (χ2n) is 6.55.